The van der Waals surface area contributed by atoms with Crippen molar-refractivity contribution in [1.82, 2.24) is 4.57 Å². The predicted molar refractivity (Wildman–Crippen MR) is 315 cm³/mol. The van der Waals surface area contributed by atoms with Gasteiger partial charge in [-0.05, 0) is 133 Å². The zero-order valence-corrected chi connectivity index (χ0v) is 41.3. The van der Waals surface area contributed by atoms with Crippen molar-refractivity contribution in [1.29, 1.82) is 0 Å². The van der Waals surface area contributed by atoms with E-state index in [-0.39, 0.29) is 0 Å². The molecule has 12 aromatic carbocycles. The van der Waals surface area contributed by atoms with E-state index < -0.39 is 5.41 Å². The maximum atomic E-state index is 2.47. The summed E-state index contributed by atoms with van der Waals surface area (Å²) in [5, 5.41) is 2.48. The van der Waals surface area contributed by atoms with E-state index >= 15 is 0 Å². The third-order valence-corrected chi connectivity index (χ3v) is 15.5. The average molecular weight is 955 g/mol. The summed E-state index contributed by atoms with van der Waals surface area (Å²) in [7, 11) is 0. The van der Waals surface area contributed by atoms with Crippen LogP contribution in [0.15, 0.2) is 303 Å². The highest BCUT2D eigenvalue weighted by molar-refractivity contribution is 6.10. The first-order chi connectivity index (χ1) is 37.2. The van der Waals surface area contributed by atoms with Crippen LogP contribution in [0.3, 0.4) is 0 Å². The highest BCUT2D eigenvalue weighted by Crippen LogP contribution is 2.56. The zero-order valence-electron chi connectivity index (χ0n) is 41.3. The van der Waals surface area contributed by atoms with Gasteiger partial charge in [-0.1, -0.05) is 243 Å². The van der Waals surface area contributed by atoms with Gasteiger partial charge in [0, 0.05) is 33.4 Å². The summed E-state index contributed by atoms with van der Waals surface area (Å²) in [6.45, 7) is 0. The third kappa shape index (κ3) is 7.41. The van der Waals surface area contributed by atoms with Crippen molar-refractivity contribution in [2.24, 2.45) is 0 Å². The van der Waals surface area contributed by atoms with Crippen molar-refractivity contribution in [2.45, 2.75) is 5.41 Å². The highest BCUT2D eigenvalue weighted by atomic mass is 15.1. The smallest absolute Gasteiger partial charge is 0.0713 e. The van der Waals surface area contributed by atoms with Crippen LogP contribution >= 0.6 is 0 Å². The summed E-state index contributed by atoms with van der Waals surface area (Å²) >= 11 is 0. The van der Waals surface area contributed by atoms with E-state index in [1.54, 1.807) is 0 Å². The van der Waals surface area contributed by atoms with Gasteiger partial charge < -0.3 is 9.47 Å². The Bertz CT molecular complexity index is 4160. The Labute approximate surface area is 438 Å². The molecule has 2 nitrogen and oxygen atoms in total. The Balaban J connectivity index is 0.837. The number of para-hydroxylation sites is 3. The number of hydrogen-bond acceptors (Lipinski definition) is 1. The van der Waals surface area contributed by atoms with Gasteiger partial charge in [-0.2, -0.15) is 0 Å². The van der Waals surface area contributed by atoms with Gasteiger partial charge in [0.1, 0.15) is 0 Å². The number of anilines is 3. The molecule has 2 heteroatoms. The van der Waals surface area contributed by atoms with Gasteiger partial charge in [-0.25, -0.2) is 0 Å². The minimum Gasteiger partial charge on any atom is -0.310 e. The zero-order chi connectivity index (χ0) is 49.7. The Hall–Kier alpha value is -9.76. The van der Waals surface area contributed by atoms with Gasteiger partial charge in [-0.15, -0.1) is 0 Å². The molecular weight excluding hydrogens is 905 g/mol. The van der Waals surface area contributed by atoms with Crippen LogP contribution in [-0.2, 0) is 5.41 Å². The molecule has 14 rings (SSSR count). The Morgan fingerprint density at radius 2 is 0.747 bits per heavy atom. The van der Waals surface area contributed by atoms with Crippen LogP contribution in [0.5, 0.6) is 0 Å². The summed E-state index contributed by atoms with van der Waals surface area (Å²) in [6, 6.07) is 111. The molecule has 0 spiro atoms. The van der Waals surface area contributed by atoms with Crippen molar-refractivity contribution in [3.63, 3.8) is 0 Å². The first kappa shape index (κ1) is 44.0. The number of rotatable bonds is 10. The molecule has 0 atom stereocenters. The average Bonchev–Trinajstić information content (AvgIpc) is 3.99. The molecule has 0 unspecified atom stereocenters. The van der Waals surface area contributed by atoms with Gasteiger partial charge in [0.25, 0.3) is 0 Å². The lowest BCUT2D eigenvalue weighted by Crippen LogP contribution is -2.28. The Kier molecular flexibility index (Phi) is 10.8. The second-order valence-corrected chi connectivity index (χ2v) is 19.6. The molecule has 0 aliphatic heterocycles. The highest BCUT2D eigenvalue weighted by Gasteiger charge is 2.46. The molecule has 1 aliphatic rings. The Morgan fingerprint density at radius 1 is 0.267 bits per heavy atom. The van der Waals surface area contributed by atoms with Crippen LogP contribution in [-0.4, -0.2) is 4.57 Å². The molecule has 0 bridgehead atoms. The van der Waals surface area contributed by atoms with Gasteiger partial charge >= 0.3 is 0 Å². The predicted octanol–water partition coefficient (Wildman–Crippen LogP) is 19.3. The van der Waals surface area contributed by atoms with Crippen LogP contribution in [0.1, 0.15) is 22.3 Å². The maximum absolute atomic E-state index is 2.47. The number of aromatic nitrogens is 1. The van der Waals surface area contributed by atoms with E-state index in [9.17, 15) is 0 Å². The SMILES string of the molecule is c1ccc(-c2cccc(-c3ccc(N(c4ccccc4)c4ccccc4-c4ccc(-c5ccc6c7ccccc7n(-c7ccc8c(c7)-c7ccccc7C8(c7ccccc7)c7ccccc7)c6c5)cc4)cc3)c2)cc1. The summed E-state index contributed by atoms with van der Waals surface area (Å²) in [5.74, 6) is 0. The summed E-state index contributed by atoms with van der Waals surface area (Å²) in [5.41, 5.74) is 23.5. The van der Waals surface area contributed by atoms with E-state index in [1.165, 1.54) is 88.6 Å². The summed E-state index contributed by atoms with van der Waals surface area (Å²) in [6.07, 6.45) is 0. The van der Waals surface area contributed by atoms with Gasteiger partial charge in [-0.3, -0.25) is 0 Å². The largest absolute Gasteiger partial charge is 0.310 e. The molecular formula is C73H50N2. The van der Waals surface area contributed by atoms with Crippen molar-refractivity contribution in [3.05, 3.63) is 326 Å². The van der Waals surface area contributed by atoms with E-state index in [4.69, 9.17) is 0 Å². The fraction of sp³-hybridized carbons (Fsp3) is 0.0137. The van der Waals surface area contributed by atoms with Crippen molar-refractivity contribution in [3.8, 4) is 61.3 Å². The first-order valence-electron chi connectivity index (χ1n) is 25.9. The quantitative estimate of drug-likeness (QED) is 0.133. The van der Waals surface area contributed by atoms with Crippen LogP contribution in [0, 0.1) is 0 Å². The number of benzene rings is 12. The molecule has 352 valence electrons. The van der Waals surface area contributed by atoms with E-state index in [1.807, 2.05) is 0 Å². The first-order valence-corrected chi connectivity index (χ1v) is 25.9. The molecule has 0 fully saturated rings. The van der Waals surface area contributed by atoms with E-state index in [2.05, 4.69) is 313 Å². The van der Waals surface area contributed by atoms with Crippen molar-refractivity contribution < 1.29 is 0 Å². The van der Waals surface area contributed by atoms with E-state index in [0.29, 0.717) is 0 Å². The molecule has 13 aromatic rings. The topological polar surface area (TPSA) is 8.17 Å². The maximum Gasteiger partial charge on any atom is 0.0713 e. The second kappa shape index (κ2) is 18.4. The molecule has 0 saturated carbocycles. The molecule has 0 amide bonds. The second-order valence-electron chi connectivity index (χ2n) is 19.6. The molecule has 0 saturated heterocycles. The third-order valence-electron chi connectivity index (χ3n) is 15.5. The monoisotopic (exact) mass is 954 g/mol. The van der Waals surface area contributed by atoms with Crippen LogP contribution < -0.4 is 4.90 Å². The van der Waals surface area contributed by atoms with Gasteiger partial charge in [0.2, 0.25) is 0 Å². The number of nitrogens with zero attached hydrogens (tertiary/aromatic N) is 2. The molecule has 1 aromatic heterocycles. The van der Waals surface area contributed by atoms with Gasteiger partial charge in [0.05, 0.1) is 22.1 Å². The molecule has 1 aliphatic carbocycles. The molecule has 0 N–H and O–H groups in total. The van der Waals surface area contributed by atoms with Crippen LogP contribution in [0.4, 0.5) is 17.1 Å². The van der Waals surface area contributed by atoms with Crippen LogP contribution in [0.25, 0.3) is 83.1 Å². The lowest BCUT2D eigenvalue weighted by molar-refractivity contribution is 0.768. The lowest BCUT2D eigenvalue weighted by atomic mass is 9.68. The number of hydrogen-bond donors (Lipinski definition) is 0. The fourth-order valence-electron chi connectivity index (χ4n) is 12.1. The molecule has 1 heterocycles. The van der Waals surface area contributed by atoms with Crippen molar-refractivity contribution >= 4 is 38.9 Å². The molecule has 0 radical (unpaired) electrons. The Morgan fingerprint density at radius 3 is 1.45 bits per heavy atom. The standard InChI is InChI=1S/C73H50N2/c1-5-20-51(21-6-1)55-22-19-23-56(48-55)53-40-43-61(44-41-53)74(60-28-11-4-12-29-60)70-34-17-14-30-63(70)54-38-36-52(37-39-54)57-42-46-66-65-32-15-18-35-71(65)75(72(66)49-57)62-45-47-69-67(50-62)64-31-13-16-33-68(64)73(69,58-24-7-2-8-25-58)59-26-9-3-10-27-59/h1-50H. The fourth-order valence-corrected chi connectivity index (χ4v) is 12.1. The molecule has 75 heavy (non-hydrogen) atoms. The lowest BCUT2D eigenvalue weighted by Gasteiger charge is -2.33. The van der Waals surface area contributed by atoms with Gasteiger partial charge in [0.15, 0.2) is 0 Å². The summed E-state index contributed by atoms with van der Waals surface area (Å²) in [4.78, 5) is 2.38. The van der Waals surface area contributed by atoms with Crippen LogP contribution in [0.2, 0.25) is 0 Å². The van der Waals surface area contributed by atoms with E-state index in [0.717, 1.165) is 33.9 Å². The minimum atomic E-state index is -0.449. The van der Waals surface area contributed by atoms with Crippen molar-refractivity contribution in [2.75, 3.05) is 4.90 Å². The summed E-state index contributed by atoms with van der Waals surface area (Å²) < 4.78 is 2.47. The minimum absolute atomic E-state index is 0.449. The normalized spacial score (nSPS) is 12.4. The number of fused-ring (bicyclic) bond motifs is 6.